The smallest absolute Gasteiger partial charge is 0.238 e. The predicted octanol–water partition coefficient (Wildman–Crippen LogP) is 3.12. The molecule has 96 valence electrons. The van der Waals surface area contributed by atoms with E-state index in [0.29, 0.717) is 22.9 Å². The first-order chi connectivity index (χ1) is 8.44. The molecular weight excluding hydrogens is 243 g/mol. The maximum Gasteiger partial charge on any atom is 0.408 e. The number of hydrogen-bond donors (Lipinski definition) is 0. The van der Waals surface area contributed by atoms with E-state index in [0.717, 1.165) is 16.8 Å². The molecule has 1 fully saturated rings. The molecule has 2 atom stereocenters. The van der Waals surface area contributed by atoms with Crippen molar-refractivity contribution in [3.8, 4) is 0 Å². The lowest BCUT2D eigenvalue weighted by Crippen LogP contribution is -2.18. The second kappa shape index (κ2) is 3.70. The molecule has 0 amide bonds. The van der Waals surface area contributed by atoms with Crippen molar-refractivity contribution in [2.24, 2.45) is 5.92 Å². The van der Waals surface area contributed by atoms with Crippen molar-refractivity contribution in [1.82, 2.24) is 14.8 Å². The van der Waals surface area contributed by atoms with Gasteiger partial charge in [0.05, 0.1) is 6.20 Å². The third-order valence-corrected chi connectivity index (χ3v) is 3.33. The lowest BCUT2D eigenvalue weighted by atomic mass is 10.2. The van der Waals surface area contributed by atoms with Gasteiger partial charge in [0, 0.05) is 17.0 Å². The summed E-state index contributed by atoms with van der Waals surface area (Å²) in [5.74, 6) is 0.970. The van der Waals surface area contributed by atoms with Gasteiger partial charge in [-0.2, -0.15) is 18.3 Å². The van der Waals surface area contributed by atoms with E-state index in [-0.39, 0.29) is 0 Å². The second-order valence-electron chi connectivity index (χ2n) is 4.89. The molecule has 2 aromatic heterocycles. The Morgan fingerprint density at radius 2 is 2.11 bits per heavy atom. The van der Waals surface area contributed by atoms with Crippen LogP contribution in [0.4, 0.5) is 13.2 Å². The van der Waals surface area contributed by atoms with Crippen LogP contribution in [0.5, 0.6) is 0 Å². The van der Waals surface area contributed by atoms with Crippen molar-refractivity contribution >= 4 is 11.0 Å². The minimum absolute atomic E-state index is 0.323. The van der Waals surface area contributed by atoms with Gasteiger partial charge in [-0.15, -0.1) is 0 Å². The molecular formula is C12H12F3N3. The Kier molecular flexibility index (Phi) is 2.36. The fourth-order valence-corrected chi connectivity index (χ4v) is 2.19. The quantitative estimate of drug-likeness (QED) is 0.825. The van der Waals surface area contributed by atoms with Gasteiger partial charge in [-0.1, -0.05) is 6.92 Å². The molecule has 0 unspecified atom stereocenters. The van der Waals surface area contributed by atoms with E-state index in [1.165, 1.54) is 6.20 Å². The van der Waals surface area contributed by atoms with Gasteiger partial charge < -0.3 is 0 Å². The Bertz CT molecular complexity index is 588. The SMILES string of the molecule is C[C@H]1C[C@@H]1c1ccc2cnn(CC(F)(F)F)c2n1. The van der Waals surface area contributed by atoms with Crippen LogP contribution in [0, 0.1) is 5.92 Å². The molecule has 2 aromatic rings. The molecule has 6 heteroatoms. The standard InChI is InChI=1S/C12H12F3N3/c1-7-4-9(7)10-3-2-8-5-16-18(11(8)17-10)6-12(13,14)15/h2-3,5,7,9H,4,6H2,1H3/t7-,9-/m0/s1. The molecule has 0 spiro atoms. The first-order valence-corrected chi connectivity index (χ1v) is 5.83. The van der Waals surface area contributed by atoms with Crippen molar-refractivity contribution in [1.29, 1.82) is 0 Å². The Morgan fingerprint density at radius 3 is 2.72 bits per heavy atom. The molecule has 18 heavy (non-hydrogen) atoms. The highest BCUT2D eigenvalue weighted by Crippen LogP contribution is 2.46. The molecule has 0 aliphatic heterocycles. The van der Waals surface area contributed by atoms with Crippen LogP contribution in [0.3, 0.4) is 0 Å². The number of aromatic nitrogens is 3. The zero-order valence-corrected chi connectivity index (χ0v) is 9.78. The second-order valence-corrected chi connectivity index (χ2v) is 4.89. The Balaban J connectivity index is 2.00. The van der Waals surface area contributed by atoms with Gasteiger partial charge in [-0.3, -0.25) is 0 Å². The summed E-state index contributed by atoms with van der Waals surface area (Å²) in [6.45, 7) is 1.02. The highest BCUT2D eigenvalue weighted by molar-refractivity contribution is 5.74. The van der Waals surface area contributed by atoms with Gasteiger partial charge in [0.15, 0.2) is 5.65 Å². The van der Waals surface area contributed by atoms with Gasteiger partial charge in [0.2, 0.25) is 0 Å². The van der Waals surface area contributed by atoms with E-state index in [1.807, 2.05) is 6.07 Å². The molecule has 1 saturated carbocycles. The Hall–Kier alpha value is -1.59. The summed E-state index contributed by atoms with van der Waals surface area (Å²) in [6.07, 6.45) is -1.79. The maximum atomic E-state index is 12.4. The molecule has 0 N–H and O–H groups in total. The first-order valence-electron chi connectivity index (χ1n) is 5.83. The molecule has 2 heterocycles. The average Bonchev–Trinajstić information content (AvgIpc) is 2.88. The first kappa shape index (κ1) is 11.5. The van der Waals surface area contributed by atoms with E-state index in [9.17, 15) is 13.2 Å². The highest BCUT2D eigenvalue weighted by atomic mass is 19.4. The molecule has 1 aliphatic rings. The lowest BCUT2D eigenvalue weighted by molar-refractivity contribution is -0.141. The van der Waals surface area contributed by atoms with Crippen LogP contribution in [0.15, 0.2) is 18.3 Å². The van der Waals surface area contributed by atoms with Crippen LogP contribution in [0.1, 0.15) is 25.0 Å². The fourth-order valence-electron chi connectivity index (χ4n) is 2.19. The topological polar surface area (TPSA) is 30.7 Å². The highest BCUT2D eigenvalue weighted by Gasteiger charge is 2.35. The Morgan fingerprint density at radius 1 is 1.39 bits per heavy atom. The van der Waals surface area contributed by atoms with Crippen LogP contribution in [0.25, 0.3) is 11.0 Å². The van der Waals surface area contributed by atoms with E-state index >= 15 is 0 Å². The fraction of sp³-hybridized carbons (Fsp3) is 0.500. The molecule has 0 saturated heterocycles. The number of fused-ring (bicyclic) bond motifs is 1. The van der Waals surface area contributed by atoms with E-state index in [2.05, 4.69) is 17.0 Å². The largest absolute Gasteiger partial charge is 0.408 e. The monoisotopic (exact) mass is 255 g/mol. The van der Waals surface area contributed by atoms with Crippen LogP contribution in [0.2, 0.25) is 0 Å². The zero-order valence-electron chi connectivity index (χ0n) is 9.78. The third-order valence-electron chi connectivity index (χ3n) is 3.33. The van der Waals surface area contributed by atoms with Crippen molar-refractivity contribution in [3.05, 3.63) is 24.0 Å². The number of alkyl halides is 3. The minimum Gasteiger partial charge on any atom is -0.238 e. The maximum absolute atomic E-state index is 12.4. The molecule has 0 aromatic carbocycles. The number of halogens is 3. The van der Waals surface area contributed by atoms with Gasteiger partial charge in [-0.05, 0) is 24.5 Å². The summed E-state index contributed by atoms with van der Waals surface area (Å²) in [4.78, 5) is 4.33. The summed E-state index contributed by atoms with van der Waals surface area (Å²) in [5.41, 5.74) is 1.20. The van der Waals surface area contributed by atoms with Gasteiger partial charge in [-0.25, -0.2) is 9.67 Å². The van der Waals surface area contributed by atoms with Crippen LogP contribution < -0.4 is 0 Å². The summed E-state index contributed by atoms with van der Waals surface area (Å²) in [6, 6.07) is 3.68. The average molecular weight is 255 g/mol. The van der Waals surface area contributed by atoms with Crippen LogP contribution >= 0.6 is 0 Å². The van der Waals surface area contributed by atoms with E-state index in [4.69, 9.17) is 0 Å². The number of nitrogens with zero attached hydrogens (tertiary/aromatic N) is 3. The summed E-state index contributed by atoms with van der Waals surface area (Å²) in [7, 11) is 0. The number of pyridine rings is 1. The third kappa shape index (κ3) is 2.07. The van der Waals surface area contributed by atoms with E-state index in [1.54, 1.807) is 6.07 Å². The van der Waals surface area contributed by atoms with Gasteiger partial charge in [0.1, 0.15) is 6.54 Å². The zero-order chi connectivity index (χ0) is 12.9. The summed E-state index contributed by atoms with van der Waals surface area (Å²) < 4.78 is 38.1. The van der Waals surface area contributed by atoms with Crippen LogP contribution in [-0.2, 0) is 6.54 Å². The van der Waals surface area contributed by atoms with Crippen molar-refractivity contribution in [2.75, 3.05) is 0 Å². The van der Waals surface area contributed by atoms with Crippen LogP contribution in [-0.4, -0.2) is 20.9 Å². The molecule has 0 bridgehead atoms. The molecule has 3 rings (SSSR count). The van der Waals surface area contributed by atoms with E-state index < -0.39 is 12.7 Å². The lowest BCUT2D eigenvalue weighted by Gasteiger charge is -2.07. The predicted molar refractivity (Wildman–Crippen MR) is 60.1 cm³/mol. The summed E-state index contributed by atoms with van der Waals surface area (Å²) in [5, 5.41) is 4.40. The molecule has 1 aliphatic carbocycles. The van der Waals surface area contributed by atoms with Crippen molar-refractivity contribution < 1.29 is 13.2 Å². The summed E-state index contributed by atoms with van der Waals surface area (Å²) >= 11 is 0. The van der Waals surface area contributed by atoms with Gasteiger partial charge in [0.25, 0.3) is 0 Å². The number of rotatable bonds is 2. The number of hydrogen-bond acceptors (Lipinski definition) is 2. The molecule has 3 nitrogen and oxygen atoms in total. The Labute approximate surface area is 102 Å². The van der Waals surface area contributed by atoms with Gasteiger partial charge >= 0.3 is 6.18 Å². The molecule has 0 radical (unpaired) electrons. The normalized spacial score (nSPS) is 23.6. The van der Waals surface area contributed by atoms with Crippen molar-refractivity contribution in [3.63, 3.8) is 0 Å². The minimum atomic E-state index is -4.27. The van der Waals surface area contributed by atoms with Crippen molar-refractivity contribution in [2.45, 2.75) is 32.0 Å².